The third kappa shape index (κ3) is 3.56. The van der Waals surface area contributed by atoms with Gasteiger partial charge in [-0.3, -0.25) is 14.5 Å². The summed E-state index contributed by atoms with van der Waals surface area (Å²) >= 11 is 0. The van der Waals surface area contributed by atoms with E-state index < -0.39 is 23.4 Å². The van der Waals surface area contributed by atoms with Crippen molar-refractivity contribution in [1.29, 1.82) is 0 Å². The third-order valence-electron chi connectivity index (χ3n) is 4.87. The number of imide groups is 1. The maximum Gasteiger partial charge on any atom is 0.325 e. The molecule has 1 atom stereocenters. The van der Waals surface area contributed by atoms with Gasteiger partial charge in [-0.2, -0.15) is 0 Å². The van der Waals surface area contributed by atoms with Gasteiger partial charge in [-0.05, 0) is 50.5 Å². The van der Waals surface area contributed by atoms with Crippen molar-refractivity contribution in [2.45, 2.75) is 33.2 Å². The van der Waals surface area contributed by atoms with E-state index in [0.717, 1.165) is 21.6 Å². The second-order valence-corrected chi connectivity index (χ2v) is 7.18. The number of anilines is 1. The number of carbonyl (C=O) groups excluding carboxylic acids is 3. The average molecular weight is 365 g/mol. The van der Waals surface area contributed by atoms with Crippen molar-refractivity contribution in [1.82, 2.24) is 10.2 Å². The number of aryl methyl sites for hydroxylation is 3. The lowest BCUT2D eigenvalue weighted by Gasteiger charge is -2.22. The molecule has 0 aliphatic carbocycles. The molecule has 1 saturated heterocycles. The Kier molecular flexibility index (Phi) is 4.74. The van der Waals surface area contributed by atoms with Gasteiger partial charge in [0, 0.05) is 5.69 Å². The predicted octanol–water partition coefficient (Wildman–Crippen LogP) is 3.02. The monoisotopic (exact) mass is 365 g/mol. The first-order valence-corrected chi connectivity index (χ1v) is 8.79. The first kappa shape index (κ1) is 18.6. The highest BCUT2D eigenvalue weighted by Crippen LogP contribution is 2.29. The number of nitrogens with one attached hydrogen (secondary N) is 2. The molecule has 6 nitrogen and oxygen atoms in total. The number of carbonyl (C=O) groups is 3. The molecule has 3 rings (SSSR count). The third-order valence-corrected chi connectivity index (χ3v) is 4.87. The van der Waals surface area contributed by atoms with Gasteiger partial charge in [-0.25, -0.2) is 4.79 Å². The van der Waals surface area contributed by atoms with Crippen LogP contribution in [0.15, 0.2) is 42.5 Å². The van der Waals surface area contributed by atoms with Crippen LogP contribution >= 0.6 is 0 Å². The fraction of sp³-hybridized carbons (Fsp3) is 0.286. The Hall–Kier alpha value is -3.15. The summed E-state index contributed by atoms with van der Waals surface area (Å²) in [5, 5.41) is 5.49. The molecule has 0 radical (unpaired) electrons. The van der Waals surface area contributed by atoms with Gasteiger partial charge in [0.1, 0.15) is 12.1 Å². The Morgan fingerprint density at radius 2 is 1.67 bits per heavy atom. The molecular weight excluding hydrogens is 342 g/mol. The molecule has 1 unspecified atom stereocenters. The van der Waals surface area contributed by atoms with Gasteiger partial charge in [-0.15, -0.1) is 0 Å². The molecule has 2 N–H and O–H groups in total. The molecule has 1 aliphatic rings. The summed E-state index contributed by atoms with van der Waals surface area (Å²) in [5.74, 6) is -0.854. The van der Waals surface area contributed by atoms with Crippen molar-refractivity contribution >= 4 is 23.5 Å². The molecule has 0 spiro atoms. The summed E-state index contributed by atoms with van der Waals surface area (Å²) in [6.07, 6.45) is 0. The maximum atomic E-state index is 12.9. The van der Waals surface area contributed by atoms with Gasteiger partial charge in [0.25, 0.3) is 5.91 Å². The first-order valence-electron chi connectivity index (χ1n) is 8.79. The molecule has 140 valence electrons. The molecule has 2 aromatic rings. The highest BCUT2D eigenvalue weighted by molar-refractivity contribution is 6.10. The van der Waals surface area contributed by atoms with Gasteiger partial charge in [0.15, 0.2) is 0 Å². The Morgan fingerprint density at radius 3 is 2.33 bits per heavy atom. The van der Waals surface area contributed by atoms with Crippen LogP contribution in [0.5, 0.6) is 0 Å². The lowest BCUT2D eigenvalue weighted by Crippen LogP contribution is -2.42. The van der Waals surface area contributed by atoms with Crippen molar-refractivity contribution in [3.8, 4) is 0 Å². The number of hydrogen-bond donors (Lipinski definition) is 2. The molecule has 1 heterocycles. The number of rotatable bonds is 4. The maximum absolute atomic E-state index is 12.9. The smallest absolute Gasteiger partial charge is 0.324 e. The van der Waals surface area contributed by atoms with Crippen LogP contribution in [0.1, 0.15) is 29.2 Å². The van der Waals surface area contributed by atoms with Gasteiger partial charge < -0.3 is 10.6 Å². The van der Waals surface area contributed by atoms with Crippen molar-refractivity contribution in [3.05, 3.63) is 64.7 Å². The van der Waals surface area contributed by atoms with E-state index in [4.69, 9.17) is 0 Å². The minimum absolute atomic E-state index is 0.334. The fourth-order valence-electron chi connectivity index (χ4n) is 3.13. The van der Waals surface area contributed by atoms with Gasteiger partial charge in [-0.1, -0.05) is 42.0 Å². The number of nitrogens with zero attached hydrogens (tertiary/aromatic N) is 1. The highest BCUT2D eigenvalue weighted by Gasteiger charge is 2.49. The normalized spacial score (nSPS) is 19.2. The Morgan fingerprint density at radius 1 is 1.04 bits per heavy atom. The molecule has 6 heteroatoms. The standard InChI is InChI=1S/C21H23N3O3/c1-13-6-9-16(10-7-13)21(4)19(26)24(20(27)23-21)12-18(25)22-17-11-14(2)5-8-15(17)3/h5-11H,12H2,1-4H3,(H,22,25)(H,23,27). The zero-order valence-corrected chi connectivity index (χ0v) is 15.9. The molecule has 2 aromatic carbocycles. The highest BCUT2D eigenvalue weighted by atomic mass is 16.2. The Balaban J connectivity index is 1.76. The van der Waals surface area contributed by atoms with Crippen molar-refractivity contribution in [3.63, 3.8) is 0 Å². The van der Waals surface area contributed by atoms with E-state index in [1.807, 2.05) is 63.2 Å². The summed E-state index contributed by atoms with van der Waals surface area (Å²) in [4.78, 5) is 38.6. The number of urea groups is 1. The summed E-state index contributed by atoms with van der Waals surface area (Å²) in [7, 11) is 0. The Bertz CT molecular complexity index is 921. The van der Waals surface area contributed by atoms with E-state index >= 15 is 0 Å². The lowest BCUT2D eigenvalue weighted by atomic mass is 9.91. The molecule has 4 amide bonds. The predicted molar refractivity (Wildman–Crippen MR) is 103 cm³/mol. The molecular formula is C21H23N3O3. The fourth-order valence-corrected chi connectivity index (χ4v) is 3.13. The van der Waals surface area contributed by atoms with Crippen molar-refractivity contribution in [2.75, 3.05) is 11.9 Å². The summed E-state index contributed by atoms with van der Waals surface area (Å²) in [6, 6.07) is 12.5. The van der Waals surface area contributed by atoms with Crippen molar-refractivity contribution in [2.24, 2.45) is 0 Å². The zero-order chi connectivity index (χ0) is 19.8. The molecule has 0 bridgehead atoms. The summed E-state index contributed by atoms with van der Waals surface area (Å²) in [5.41, 5.74) is 3.17. The van der Waals surface area contributed by atoms with E-state index in [1.165, 1.54) is 0 Å². The van der Waals surface area contributed by atoms with Gasteiger partial charge >= 0.3 is 6.03 Å². The first-order chi connectivity index (χ1) is 12.7. The van der Waals surface area contributed by atoms with Gasteiger partial charge in [0.05, 0.1) is 0 Å². The van der Waals surface area contributed by atoms with Crippen LogP contribution in [-0.2, 0) is 15.1 Å². The summed E-state index contributed by atoms with van der Waals surface area (Å²) < 4.78 is 0. The number of hydrogen-bond acceptors (Lipinski definition) is 3. The molecule has 0 saturated carbocycles. The summed E-state index contributed by atoms with van der Waals surface area (Å²) in [6.45, 7) is 7.09. The quantitative estimate of drug-likeness (QED) is 0.818. The molecule has 1 fully saturated rings. The lowest BCUT2D eigenvalue weighted by molar-refractivity contribution is -0.133. The SMILES string of the molecule is Cc1ccc(C2(C)NC(=O)N(CC(=O)Nc3cc(C)ccc3C)C2=O)cc1. The largest absolute Gasteiger partial charge is 0.325 e. The van der Waals surface area contributed by atoms with Crippen LogP contribution in [0.25, 0.3) is 0 Å². The Labute approximate surface area is 158 Å². The van der Waals surface area contributed by atoms with Crippen LogP contribution in [0.3, 0.4) is 0 Å². The average Bonchev–Trinajstić information content (AvgIpc) is 2.83. The van der Waals surface area contributed by atoms with E-state index in [1.54, 1.807) is 6.92 Å². The minimum Gasteiger partial charge on any atom is -0.324 e. The van der Waals surface area contributed by atoms with Crippen LogP contribution in [0.2, 0.25) is 0 Å². The van der Waals surface area contributed by atoms with E-state index in [9.17, 15) is 14.4 Å². The second-order valence-electron chi connectivity index (χ2n) is 7.18. The van der Waals surface area contributed by atoms with Crippen LogP contribution in [0.4, 0.5) is 10.5 Å². The second kappa shape index (κ2) is 6.87. The molecule has 27 heavy (non-hydrogen) atoms. The van der Waals surface area contributed by atoms with Crippen LogP contribution in [-0.4, -0.2) is 29.3 Å². The van der Waals surface area contributed by atoms with E-state index in [0.29, 0.717) is 11.3 Å². The molecule has 0 aromatic heterocycles. The van der Waals surface area contributed by atoms with E-state index in [2.05, 4.69) is 10.6 Å². The van der Waals surface area contributed by atoms with Crippen molar-refractivity contribution < 1.29 is 14.4 Å². The van der Waals surface area contributed by atoms with E-state index in [-0.39, 0.29) is 6.54 Å². The minimum atomic E-state index is -1.18. The zero-order valence-electron chi connectivity index (χ0n) is 15.9. The number of amides is 4. The van der Waals surface area contributed by atoms with Crippen LogP contribution in [0, 0.1) is 20.8 Å². The van der Waals surface area contributed by atoms with Gasteiger partial charge in [0.2, 0.25) is 5.91 Å². The molecule has 1 aliphatic heterocycles. The topological polar surface area (TPSA) is 78.5 Å². The number of benzene rings is 2. The van der Waals surface area contributed by atoms with Crippen LogP contribution < -0.4 is 10.6 Å².